The molecule has 1 heterocycles. The second kappa shape index (κ2) is 5.14. The summed E-state index contributed by atoms with van der Waals surface area (Å²) in [5.41, 5.74) is 8.25. The molecule has 0 aliphatic carbocycles. The minimum absolute atomic E-state index is 0.341. The van der Waals surface area contributed by atoms with Crippen LogP contribution in [0.4, 0.5) is 0 Å². The van der Waals surface area contributed by atoms with Crippen LogP contribution in [-0.2, 0) is 6.54 Å². The Labute approximate surface area is 90.6 Å². The topological polar surface area (TPSA) is 45.1 Å². The van der Waals surface area contributed by atoms with E-state index >= 15 is 0 Å². The molecular formula is C12H17N2O. The largest absolute Gasteiger partial charge is 0.490 e. The Balaban J connectivity index is 1.91. The van der Waals surface area contributed by atoms with Crippen LogP contribution in [0.15, 0.2) is 24.3 Å². The van der Waals surface area contributed by atoms with Crippen molar-refractivity contribution in [1.82, 2.24) is 11.1 Å². The van der Waals surface area contributed by atoms with Crippen molar-refractivity contribution in [2.45, 2.75) is 25.5 Å². The van der Waals surface area contributed by atoms with E-state index in [-0.39, 0.29) is 0 Å². The van der Waals surface area contributed by atoms with Gasteiger partial charge >= 0.3 is 0 Å². The van der Waals surface area contributed by atoms with Crippen LogP contribution in [0.5, 0.6) is 5.75 Å². The molecule has 1 radical (unpaired) electrons. The Morgan fingerprint density at radius 2 is 1.87 bits per heavy atom. The molecule has 0 atom stereocenters. The summed E-state index contributed by atoms with van der Waals surface area (Å²) >= 11 is 0. The maximum atomic E-state index is 7.22. The van der Waals surface area contributed by atoms with Gasteiger partial charge in [-0.05, 0) is 43.6 Å². The summed E-state index contributed by atoms with van der Waals surface area (Å²) in [5, 5.41) is 3.31. The molecule has 81 valence electrons. The van der Waals surface area contributed by atoms with Crippen molar-refractivity contribution >= 4 is 0 Å². The SMILES string of the molecule is [NH]Cc1ccc(OC2CCNCC2)cc1. The number of nitrogens with one attached hydrogen (secondary N) is 2. The number of piperidine rings is 1. The molecule has 2 rings (SSSR count). The van der Waals surface area contributed by atoms with Gasteiger partial charge in [0.05, 0.1) is 0 Å². The summed E-state index contributed by atoms with van der Waals surface area (Å²) in [7, 11) is 0. The van der Waals surface area contributed by atoms with Crippen molar-refractivity contribution < 1.29 is 4.74 Å². The van der Waals surface area contributed by atoms with Gasteiger partial charge in [0.25, 0.3) is 0 Å². The lowest BCUT2D eigenvalue weighted by Gasteiger charge is -2.23. The van der Waals surface area contributed by atoms with Gasteiger partial charge in [0.2, 0.25) is 0 Å². The molecule has 1 aliphatic rings. The van der Waals surface area contributed by atoms with Crippen LogP contribution in [0.1, 0.15) is 18.4 Å². The molecule has 0 spiro atoms. The Hall–Kier alpha value is -1.06. The average molecular weight is 205 g/mol. The van der Waals surface area contributed by atoms with E-state index in [4.69, 9.17) is 10.5 Å². The third-order valence-electron chi connectivity index (χ3n) is 2.72. The lowest BCUT2D eigenvalue weighted by Crippen LogP contribution is -2.34. The van der Waals surface area contributed by atoms with Crippen LogP contribution in [0, 0.1) is 0 Å². The highest BCUT2D eigenvalue weighted by Crippen LogP contribution is 2.17. The highest BCUT2D eigenvalue weighted by molar-refractivity contribution is 5.27. The molecule has 3 heteroatoms. The predicted octanol–water partition coefficient (Wildman–Crippen LogP) is 1.60. The van der Waals surface area contributed by atoms with Gasteiger partial charge in [0, 0.05) is 6.54 Å². The van der Waals surface area contributed by atoms with Crippen molar-refractivity contribution in [2.75, 3.05) is 13.1 Å². The lowest BCUT2D eigenvalue weighted by atomic mass is 10.1. The van der Waals surface area contributed by atoms with E-state index in [9.17, 15) is 0 Å². The Morgan fingerprint density at radius 1 is 1.20 bits per heavy atom. The second-order valence-corrected chi connectivity index (χ2v) is 3.89. The molecule has 0 bridgehead atoms. The minimum atomic E-state index is 0.341. The summed E-state index contributed by atoms with van der Waals surface area (Å²) in [6.07, 6.45) is 2.52. The molecule has 0 saturated carbocycles. The van der Waals surface area contributed by atoms with Crippen LogP contribution in [0.3, 0.4) is 0 Å². The van der Waals surface area contributed by atoms with E-state index in [0.29, 0.717) is 12.6 Å². The molecule has 1 fully saturated rings. The summed E-state index contributed by atoms with van der Waals surface area (Å²) in [6, 6.07) is 7.85. The van der Waals surface area contributed by atoms with Crippen LogP contribution in [0.2, 0.25) is 0 Å². The zero-order valence-corrected chi connectivity index (χ0v) is 8.83. The molecule has 3 nitrogen and oxygen atoms in total. The summed E-state index contributed by atoms with van der Waals surface area (Å²) in [6.45, 7) is 2.44. The van der Waals surface area contributed by atoms with Crippen molar-refractivity contribution in [3.8, 4) is 5.75 Å². The molecule has 1 aromatic rings. The molecule has 15 heavy (non-hydrogen) atoms. The molecule has 0 aromatic heterocycles. The molecule has 0 amide bonds. The molecule has 0 unspecified atom stereocenters. The van der Waals surface area contributed by atoms with Crippen molar-refractivity contribution in [1.29, 1.82) is 0 Å². The van der Waals surface area contributed by atoms with E-state index in [2.05, 4.69) is 5.32 Å². The van der Waals surface area contributed by atoms with E-state index in [1.807, 2.05) is 24.3 Å². The number of benzene rings is 1. The fourth-order valence-corrected chi connectivity index (χ4v) is 1.79. The fraction of sp³-hybridized carbons (Fsp3) is 0.500. The number of ether oxygens (including phenoxy) is 1. The van der Waals surface area contributed by atoms with Gasteiger partial charge in [0.15, 0.2) is 0 Å². The smallest absolute Gasteiger partial charge is 0.119 e. The summed E-state index contributed by atoms with van der Waals surface area (Å²) in [4.78, 5) is 0. The lowest BCUT2D eigenvalue weighted by molar-refractivity contribution is 0.162. The van der Waals surface area contributed by atoms with Crippen LogP contribution in [0.25, 0.3) is 0 Å². The average Bonchev–Trinajstić information content (AvgIpc) is 2.31. The Morgan fingerprint density at radius 3 is 2.47 bits per heavy atom. The molecule has 1 aliphatic heterocycles. The number of hydrogen-bond acceptors (Lipinski definition) is 2. The van der Waals surface area contributed by atoms with Gasteiger partial charge in [-0.3, -0.25) is 5.73 Å². The van der Waals surface area contributed by atoms with E-state index in [1.165, 1.54) is 0 Å². The fourth-order valence-electron chi connectivity index (χ4n) is 1.79. The van der Waals surface area contributed by atoms with Gasteiger partial charge in [-0.25, -0.2) is 0 Å². The van der Waals surface area contributed by atoms with Gasteiger partial charge in [-0.1, -0.05) is 12.1 Å². The van der Waals surface area contributed by atoms with Crippen LogP contribution >= 0.6 is 0 Å². The highest BCUT2D eigenvalue weighted by Gasteiger charge is 2.13. The molecule has 1 aromatic carbocycles. The van der Waals surface area contributed by atoms with Crippen molar-refractivity contribution in [3.63, 3.8) is 0 Å². The zero-order valence-electron chi connectivity index (χ0n) is 8.83. The summed E-state index contributed by atoms with van der Waals surface area (Å²) in [5.74, 6) is 0.930. The van der Waals surface area contributed by atoms with Gasteiger partial charge in [-0.2, -0.15) is 0 Å². The first-order valence-corrected chi connectivity index (χ1v) is 5.49. The maximum absolute atomic E-state index is 7.22. The van der Waals surface area contributed by atoms with E-state index in [0.717, 1.165) is 37.2 Å². The Kier molecular flexibility index (Phi) is 3.59. The zero-order chi connectivity index (χ0) is 10.5. The van der Waals surface area contributed by atoms with Crippen LogP contribution in [-0.4, -0.2) is 19.2 Å². The predicted molar refractivity (Wildman–Crippen MR) is 59.8 cm³/mol. The minimum Gasteiger partial charge on any atom is -0.490 e. The van der Waals surface area contributed by atoms with Gasteiger partial charge < -0.3 is 10.1 Å². The second-order valence-electron chi connectivity index (χ2n) is 3.89. The standard InChI is InChI=1S/C12H17N2O/c13-9-10-1-3-11(4-2-10)15-12-5-7-14-8-6-12/h1-4,12-14H,5-9H2. The molecule has 2 N–H and O–H groups in total. The van der Waals surface area contributed by atoms with Crippen LogP contribution < -0.4 is 15.8 Å². The van der Waals surface area contributed by atoms with Crippen molar-refractivity contribution in [2.24, 2.45) is 0 Å². The van der Waals surface area contributed by atoms with Gasteiger partial charge in [0.1, 0.15) is 11.9 Å². The van der Waals surface area contributed by atoms with Gasteiger partial charge in [-0.15, -0.1) is 0 Å². The number of hydrogen-bond donors (Lipinski definition) is 1. The van der Waals surface area contributed by atoms with E-state index in [1.54, 1.807) is 0 Å². The Bertz CT molecular complexity index is 291. The normalized spacial score (nSPS) is 17.7. The maximum Gasteiger partial charge on any atom is 0.119 e. The first-order valence-electron chi connectivity index (χ1n) is 5.49. The molecule has 1 saturated heterocycles. The third-order valence-corrected chi connectivity index (χ3v) is 2.72. The van der Waals surface area contributed by atoms with Crippen molar-refractivity contribution in [3.05, 3.63) is 29.8 Å². The third kappa shape index (κ3) is 2.94. The number of rotatable bonds is 3. The highest BCUT2D eigenvalue weighted by atomic mass is 16.5. The van der Waals surface area contributed by atoms with E-state index < -0.39 is 0 Å². The summed E-state index contributed by atoms with van der Waals surface area (Å²) < 4.78 is 5.85. The quantitative estimate of drug-likeness (QED) is 0.814. The molecular weight excluding hydrogens is 188 g/mol. The first-order chi connectivity index (χ1) is 7.38. The first kappa shape index (κ1) is 10.5. The monoisotopic (exact) mass is 205 g/mol.